The topological polar surface area (TPSA) is 50.1 Å². The second-order valence-electron chi connectivity index (χ2n) is 18.7. The molecule has 0 amide bonds. The van der Waals surface area contributed by atoms with Crippen LogP contribution in [-0.4, -0.2) is 26.2 Å². The molecule has 74 heavy (non-hydrogen) atoms. The highest BCUT2D eigenvalue weighted by molar-refractivity contribution is 7.00. The predicted molar refractivity (Wildman–Crippen MR) is 295 cm³/mol. The summed E-state index contributed by atoms with van der Waals surface area (Å²) in [7, 11) is 0. The summed E-state index contributed by atoms with van der Waals surface area (Å²) < 4.78 is 47.6. The number of aromatic nitrogens is 4. The van der Waals surface area contributed by atoms with E-state index in [9.17, 15) is 0 Å². The minimum absolute atomic E-state index is 0.0356. The number of anilines is 6. The van der Waals surface area contributed by atoms with Gasteiger partial charge in [-0.3, -0.25) is 0 Å². The first-order valence-electron chi connectivity index (χ1n) is 24.5. The van der Waals surface area contributed by atoms with Crippen LogP contribution in [0.25, 0.3) is 72.8 Å². The predicted octanol–water partition coefficient (Wildman–Crippen LogP) is 14.7. The van der Waals surface area contributed by atoms with Gasteiger partial charge in [0.05, 0.1) is 16.6 Å². The van der Waals surface area contributed by atoms with Gasteiger partial charge in [-0.2, -0.15) is 13.2 Å². The lowest BCUT2D eigenvalue weighted by Crippen LogP contribution is -2.61. The van der Waals surface area contributed by atoms with Crippen molar-refractivity contribution in [1.82, 2.24) is 19.5 Å². The second-order valence-corrected chi connectivity index (χ2v) is 18.7. The largest absolute Gasteiger partial charge is 0.416 e. The molecule has 0 atom stereocenters. The minimum Gasteiger partial charge on any atom is -0.311 e. The van der Waals surface area contributed by atoms with Crippen LogP contribution in [0, 0.1) is 0 Å². The van der Waals surface area contributed by atoms with Gasteiger partial charge in [0.25, 0.3) is 6.71 Å². The number of rotatable bonds is 7. The fourth-order valence-electron chi connectivity index (χ4n) is 11.2. The number of alkyl halides is 3. The molecule has 0 saturated heterocycles. The zero-order valence-electron chi connectivity index (χ0n) is 39.5. The molecule has 0 radical (unpaired) electrons. The summed E-state index contributed by atoms with van der Waals surface area (Å²) in [6.07, 6.45) is -4.68. The van der Waals surface area contributed by atoms with Crippen LogP contribution in [-0.2, 0) is 6.18 Å². The van der Waals surface area contributed by atoms with Crippen LogP contribution in [0.4, 0.5) is 47.3 Å². The van der Waals surface area contributed by atoms with E-state index < -0.39 is 11.7 Å². The number of hydrogen-bond acceptors (Lipinski definition) is 5. The number of fused-ring (bicyclic) bond motifs is 7. The van der Waals surface area contributed by atoms with E-state index in [1.54, 1.807) is 6.07 Å². The van der Waals surface area contributed by atoms with E-state index >= 15 is 13.2 Å². The van der Waals surface area contributed by atoms with Gasteiger partial charge in [-0.1, -0.05) is 158 Å². The molecule has 14 rings (SSSR count). The average molecular weight is 961 g/mol. The molecule has 4 heterocycles. The van der Waals surface area contributed by atoms with Gasteiger partial charge in [-0.25, -0.2) is 15.0 Å². The minimum atomic E-state index is -4.68. The monoisotopic (exact) mass is 960 g/mol. The van der Waals surface area contributed by atoms with Crippen LogP contribution in [0.1, 0.15) is 5.56 Å². The van der Waals surface area contributed by atoms with Crippen molar-refractivity contribution in [2.45, 2.75) is 6.18 Å². The highest BCUT2D eigenvalue weighted by Gasteiger charge is 2.43. The summed E-state index contributed by atoms with van der Waals surface area (Å²) in [6, 6.07) is 80.3. The molecule has 0 saturated carbocycles. The maximum Gasteiger partial charge on any atom is 0.416 e. The number of nitrogens with zero attached hydrogens (tertiary/aromatic N) is 6. The first-order chi connectivity index (χ1) is 36.3. The summed E-state index contributed by atoms with van der Waals surface area (Å²) >= 11 is 0. The molecular formula is C64H40BF3N6. The van der Waals surface area contributed by atoms with Crippen LogP contribution < -0.4 is 26.2 Å². The molecule has 2 aliphatic heterocycles. The lowest BCUT2D eigenvalue weighted by atomic mass is 9.33. The quantitative estimate of drug-likeness (QED) is 0.149. The van der Waals surface area contributed by atoms with Crippen molar-refractivity contribution in [3.8, 4) is 51.0 Å². The van der Waals surface area contributed by atoms with Crippen molar-refractivity contribution in [3.63, 3.8) is 0 Å². The Balaban J connectivity index is 0.985. The first kappa shape index (κ1) is 43.3. The van der Waals surface area contributed by atoms with Crippen LogP contribution in [0.5, 0.6) is 0 Å². The highest BCUT2D eigenvalue weighted by Crippen LogP contribution is 2.47. The first-order valence-corrected chi connectivity index (χ1v) is 24.5. The van der Waals surface area contributed by atoms with Crippen molar-refractivity contribution >= 4 is 79.0 Å². The summed E-state index contributed by atoms with van der Waals surface area (Å²) in [5.74, 6) is 0.847. The number of hydrogen-bond donors (Lipinski definition) is 0. The SMILES string of the molecule is FC(F)(F)c1cc(-c2nc(-c3ccccc3)nc(-c3ccccc3)n2)cc(-n2c3ccccc3c3cc(-c4cc5c6c(c4)N(c4ccccc4)c4ccccc4B6c4ccccc4N5c4ccccc4)ccc32)c1. The molecule has 0 unspecified atom stereocenters. The second kappa shape index (κ2) is 17.1. The van der Waals surface area contributed by atoms with Crippen LogP contribution in [0.15, 0.2) is 243 Å². The highest BCUT2D eigenvalue weighted by atomic mass is 19.4. The van der Waals surface area contributed by atoms with E-state index in [1.807, 2.05) is 108 Å². The molecule has 10 heteroatoms. The van der Waals surface area contributed by atoms with Crippen LogP contribution >= 0.6 is 0 Å². The summed E-state index contributed by atoms with van der Waals surface area (Å²) in [5, 5.41) is 1.80. The Morgan fingerprint density at radius 1 is 0.338 bits per heavy atom. The Hall–Kier alpha value is -9.54. The Morgan fingerprint density at radius 3 is 1.36 bits per heavy atom. The van der Waals surface area contributed by atoms with Crippen molar-refractivity contribution in [1.29, 1.82) is 0 Å². The normalized spacial score (nSPS) is 12.7. The van der Waals surface area contributed by atoms with Gasteiger partial charge in [0.1, 0.15) is 0 Å². The van der Waals surface area contributed by atoms with Crippen molar-refractivity contribution in [2.75, 3.05) is 9.80 Å². The molecule has 0 fully saturated rings. The molecule has 0 N–H and O–H groups in total. The van der Waals surface area contributed by atoms with Gasteiger partial charge in [-0.15, -0.1) is 0 Å². The van der Waals surface area contributed by atoms with E-state index in [0.717, 1.165) is 84.3 Å². The summed E-state index contributed by atoms with van der Waals surface area (Å²) in [4.78, 5) is 19.3. The number of halogens is 3. The van der Waals surface area contributed by atoms with Crippen molar-refractivity contribution in [2.24, 2.45) is 0 Å². The Bertz CT molecular complexity index is 3980. The van der Waals surface area contributed by atoms with Gasteiger partial charge < -0.3 is 14.4 Å². The van der Waals surface area contributed by atoms with Crippen molar-refractivity contribution < 1.29 is 13.2 Å². The van der Waals surface area contributed by atoms with E-state index in [-0.39, 0.29) is 18.1 Å². The fraction of sp³-hybridized carbons (Fsp3) is 0.0156. The van der Waals surface area contributed by atoms with Gasteiger partial charge in [0.2, 0.25) is 0 Å². The molecule has 0 spiro atoms. The number of benzene rings is 10. The molecule has 350 valence electrons. The zero-order chi connectivity index (χ0) is 49.5. The van der Waals surface area contributed by atoms with Crippen LogP contribution in [0.2, 0.25) is 0 Å². The molecule has 6 nitrogen and oxygen atoms in total. The lowest BCUT2D eigenvalue weighted by molar-refractivity contribution is -0.137. The standard InChI is InChI=1S/C64H40BF3N6/c66-64(67,68)46-35-45(63-70-61(41-19-5-1-6-20-41)69-62(71-63)42-21-7-2-8-22-42)36-49(40-46)74-54-30-16-13-27-50(54)51-37-43(33-34-55(51)74)44-38-58-60-59(39-44)73(48-25-11-4-12-26-48)57-32-18-15-29-53(57)65(60)52-28-14-17-31-56(52)72(58)47-23-9-3-10-24-47/h1-40H. The third-order valence-electron chi connectivity index (χ3n) is 14.4. The maximum atomic E-state index is 15.2. The molecule has 2 aromatic heterocycles. The van der Waals surface area contributed by atoms with Gasteiger partial charge in [0, 0.05) is 67.3 Å². The number of para-hydroxylation sites is 5. The van der Waals surface area contributed by atoms with Gasteiger partial charge in [-0.05, 0) is 112 Å². The van der Waals surface area contributed by atoms with E-state index in [4.69, 9.17) is 15.0 Å². The fourth-order valence-corrected chi connectivity index (χ4v) is 11.2. The summed E-state index contributed by atoms with van der Waals surface area (Å²) in [5.41, 5.74) is 14.8. The third kappa shape index (κ3) is 7.09. The van der Waals surface area contributed by atoms with Crippen molar-refractivity contribution in [3.05, 3.63) is 248 Å². The Kier molecular flexibility index (Phi) is 9.98. The molecule has 12 aromatic rings. The smallest absolute Gasteiger partial charge is 0.311 e. The molecular weight excluding hydrogens is 921 g/mol. The van der Waals surface area contributed by atoms with Gasteiger partial charge >= 0.3 is 6.18 Å². The Labute approximate surface area is 425 Å². The zero-order valence-corrected chi connectivity index (χ0v) is 39.5. The molecule has 0 aliphatic carbocycles. The van der Waals surface area contributed by atoms with E-state index in [1.165, 1.54) is 22.5 Å². The molecule has 0 bridgehead atoms. The maximum absolute atomic E-state index is 15.2. The average Bonchev–Trinajstić information content (AvgIpc) is 3.87. The summed E-state index contributed by atoms with van der Waals surface area (Å²) in [6.45, 7) is -0.0356. The molecule has 10 aromatic carbocycles. The third-order valence-corrected chi connectivity index (χ3v) is 14.4. The van der Waals surface area contributed by atoms with Gasteiger partial charge in [0.15, 0.2) is 17.5 Å². The van der Waals surface area contributed by atoms with E-state index in [0.29, 0.717) is 17.3 Å². The Morgan fingerprint density at radius 2 is 0.811 bits per heavy atom. The van der Waals surface area contributed by atoms with E-state index in [2.05, 4.69) is 131 Å². The lowest BCUT2D eigenvalue weighted by Gasteiger charge is -2.44. The molecule has 2 aliphatic rings. The van der Waals surface area contributed by atoms with Crippen LogP contribution in [0.3, 0.4) is 0 Å².